The fourth-order valence-electron chi connectivity index (χ4n) is 2.51. The highest BCUT2D eigenvalue weighted by molar-refractivity contribution is 5.82. The summed E-state index contributed by atoms with van der Waals surface area (Å²) >= 11 is 0. The van der Waals surface area contributed by atoms with Gasteiger partial charge in [0.15, 0.2) is 0 Å². The van der Waals surface area contributed by atoms with Gasteiger partial charge in [0.2, 0.25) is 5.91 Å². The van der Waals surface area contributed by atoms with Crippen LogP contribution in [0, 0.1) is 24.5 Å². The predicted molar refractivity (Wildman–Crippen MR) is 60.6 cm³/mol. The Balaban J connectivity index is 2.44. The number of nitrogens with one attached hydrogen (secondary N) is 1. The normalized spacial score (nSPS) is 23.9. The smallest absolute Gasteiger partial charge is 0.223 e. The van der Waals surface area contributed by atoms with Crippen molar-refractivity contribution in [2.75, 3.05) is 6.54 Å². The summed E-state index contributed by atoms with van der Waals surface area (Å²) in [6.45, 7) is 3.81. The lowest BCUT2D eigenvalue weighted by Gasteiger charge is -2.17. The van der Waals surface area contributed by atoms with Gasteiger partial charge in [-0.25, -0.2) is 8.78 Å². The van der Waals surface area contributed by atoms with E-state index in [4.69, 9.17) is 0 Å². The maximum absolute atomic E-state index is 13.8. The minimum absolute atomic E-state index is 0.0424. The number of hydrogen-bond donors (Lipinski definition) is 1. The van der Waals surface area contributed by atoms with Gasteiger partial charge in [-0.15, -0.1) is 0 Å². The first-order valence-corrected chi connectivity index (χ1v) is 5.77. The Morgan fingerprint density at radius 2 is 1.94 bits per heavy atom. The molecule has 1 aromatic rings. The monoisotopic (exact) mass is 239 g/mol. The largest absolute Gasteiger partial charge is 0.355 e. The second kappa shape index (κ2) is 4.43. The average molecular weight is 239 g/mol. The molecule has 1 N–H and O–H groups in total. The van der Waals surface area contributed by atoms with Crippen LogP contribution in [0.4, 0.5) is 8.78 Å². The van der Waals surface area contributed by atoms with Gasteiger partial charge in [0.25, 0.3) is 0 Å². The zero-order valence-electron chi connectivity index (χ0n) is 9.89. The highest BCUT2D eigenvalue weighted by Crippen LogP contribution is 2.34. The van der Waals surface area contributed by atoms with Crippen LogP contribution in [-0.2, 0) is 4.79 Å². The molecule has 1 aromatic carbocycles. The Morgan fingerprint density at radius 3 is 2.47 bits per heavy atom. The van der Waals surface area contributed by atoms with Gasteiger partial charge in [0.05, 0.1) is 0 Å². The molecule has 1 fully saturated rings. The quantitative estimate of drug-likeness (QED) is 0.844. The van der Waals surface area contributed by atoms with Crippen LogP contribution < -0.4 is 5.32 Å². The Hall–Kier alpha value is -1.45. The van der Waals surface area contributed by atoms with E-state index in [-0.39, 0.29) is 17.4 Å². The van der Waals surface area contributed by atoms with E-state index in [9.17, 15) is 13.6 Å². The van der Waals surface area contributed by atoms with Gasteiger partial charge in [-0.2, -0.15) is 0 Å². The van der Waals surface area contributed by atoms with E-state index in [1.165, 1.54) is 12.1 Å². The number of aryl methyl sites for hydroxylation is 1. The van der Waals surface area contributed by atoms with Gasteiger partial charge < -0.3 is 5.32 Å². The van der Waals surface area contributed by atoms with Crippen molar-refractivity contribution in [1.29, 1.82) is 0 Å². The predicted octanol–water partition coefficient (Wildman–Crippen LogP) is 2.51. The fraction of sp³-hybridized carbons (Fsp3) is 0.462. The molecule has 92 valence electrons. The molecular weight excluding hydrogens is 224 g/mol. The fourth-order valence-corrected chi connectivity index (χ4v) is 2.51. The van der Waals surface area contributed by atoms with Gasteiger partial charge in [-0.05, 0) is 31.0 Å². The first-order valence-electron chi connectivity index (χ1n) is 5.77. The molecule has 1 aliphatic heterocycles. The van der Waals surface area contributed by atoms with Crippen molar-refractivity contribution < 1.29 is 13.6 Å². The second-order valence-corrected chi connectivity index (χ2v) is 4.51. The molecule has 0 bridgehead atoms. The number of carbonyl (C=O) groups is 1. The van der Waals surface area contributed by atoms with Crippen LogP contribution in [-0.4, -0.2) is 12.5 Å². The number of carbonyl (C=O) groups excluding carboxylic acids is 1. The van der Waals surface area contributed by atoms with Crippen LogP contribution in [0.15, 0.2) is 12.1 Å². The van der Waals surface area contributed by atoms with Crippen molar-refractivity contribution in [2.45, 2.75) is 26.2 Å². The molecule has 1 saturated heterocycles. The summed E-state index contributed by atoms with van der Waals surface area (Å²) in [6.07, 6.45) is 0.587. The van der Waals surface area contributed by atoms with Crippen molar-refractivity contribution in [3.63, 3.8) is 0 Å². The van der Waals surface area contributed by atoms with Gasteiger partial charge in [-0.3, -0.25) is 4.79 Å². The Morgan fingerprint density at radius 1 is 1.35 bits per heavy atom. The zero-order valence-corrected chi connectivity index (χ0v) is 9.89. The van der Waals surface area contributed by atoms with Crippen LogP contribution >= 0.6 is 0 Å². The van der Waals surface area contributed by atoms with E-state index in [2.05, 4.69) is 5.32 Å². The van der Waals surface area contributed by atoms with Crippen molar-refractivity contribution in [1.82, 2.24) is 5.32 Å². The number of benzene rings is 1. The molecule has 2 atom stereocenters. The van der Waals surface area contributed by atoms with E-state index in [0.29, 0.717) is 18.5 Å². The average Bonchev–Trinajstić information content (AvgIpc) is 2.58. The van der Waals surface area contributed by atoms with Crippen molar-refractivity contribution >= 4 is 5.91 Å². The summed E-state index contributed by atoms with van der Waals surface area (Å²) in [5.74, 6) is -1.95. The van der Waals surface area contributed by atoms with Crippen LogP contribution in [0.25, 0.3) is 0 Å². The summed E-state index contributed by atoms with van der Waals surface area (Å²) in [6, 6.07) is 2.63. The SMILES string of the molecule is CC[C@@H]1C(=O)NC[C@H]1c1c(F)cc(C)cc1F. The molecule has 0 unspecified atom stereocenters. The third kappa shape index (κ3) is 2.04. The molecule has 1 aliphatic rings. The standard InChI is InChI=1S/C13H15F2NO/c1-3-8-9(6-16-13(8)17)12-10(14)4-7(2)5-11(12)15/h4-5,8-9H,3,6H2,1-2H3,(H,16,17)/t8-,9+/m0/s1. The van der Waals surface area contributed by atoms with Crippen LogP contribution in [0.3, 0.4) is 0 Å². The number of rotatable bonds is 2. The van der Waals surface area contributed by atoms with Gasteiger partial charge in [0, 0.05) is 23.9 Å². The molecular formula is C13H15F2NO. The Bertz CT molecular complexity index is 436. The van der Waals surface area contributed by atoms with E-state index in [0.717, 1.165) is 0 Å². The number of amides is 1. The third-order valence-corrected chi connectivity index (χ3v) is 3.35. The Kier molecular flexibility index (Phi) is 3.13. The van der Waals surface area contributed by atoms with Crippen molar-refractivity contribution in [2.24, 2.45) is 5.92 Å². The highest BCUT2D eigenvalue weighted by Gasteiger charge is 2.37. The second-order valence-electron chi connectivity index (χ2n) is 4.51. The van der Waals surface area contributed by atoms with Crippen LogP contribution in [0.1, 0.15) is 30.4 Å². The summed E-state index contributed by atoms with van der Waals surface area (Å²) in [7, 11) is 0. The third-order valence-electron chi connectivity index (χ3n) is 3.35. The van der Waals surface area contributed by atoms with E-state index >= 15 is 0 Å². The molecule has 1 heterocycles. The Labute approximate surface area is 99.0 Å². The number of halogens is 2. The molecule has 0 saturated carbocycles. The van der Waals surface area contributed by atoms with Gasteiger partial charge in [-0.1, -0.05) is 6.92 Å². The molecule has 2 nitrogen and oxygen atoms in total. The van der Waals surface area contributed by atoms with Crippen LogP contribution in [0.5, 0.6) is 0 Å². The molecule has 17 heavy (non-hydrogen) atoms. The summed E-state index contributed by atoms with van der Waals surface area (Å²) in [5.41, 5.74) is 0.592. The maximum Gasteiger partial charge on any atom is 0.223 e. The summed E-state index contributed by atoms with van der Waals surface area (Å²) in [4.78, 5) is 11.5. The summed E-state index contributed by atoms with van der Waals surface area (Å²) in [5, 5.41) is 2.67. The van der Waals surface area contributed by atoms with Crippen LogP contribution in [0.2, 0.25) is 0 Å². The first kappa shape index (κ1) is 12.0. The molecule has 2 rings (SSSR count). The minimum atomic E-state index is -0.553. The van der Waals surface area contributed by atoms with E-state index < -0.39 is 17.6 Å². The lowest BCUT2D eigenvalue weighted by atomic mass is 9.86. The number of hydrogen-bond acceptors (Lipinski definition) is 1. The molecule has 0 spiro atoms. The zero-order chi connectivity index (χ0) is 12.6. The topological polar surface area (TPSA) is 29.1 Å². The van der Waals surface area contributed by atoms with Gasteiger partial charge in [0.1, 0.15) is 11.6 Å². The molecule has 4 heteroatoms. The van der Waals surface area contributed by atoms with Crippen molar-refractivity contribution in [3.8, 4) is 0 Å². The lowest BCUT2D eigenvalue weighted by molar-refractivity contribution is -0.122. The molecule has 0 aliphatic carbocycles. The summed E-state index contributed by atoms with van der Waals surface area (Å²) < 4.78 is 27.6. The maximum atomic E-state index is 13.8. The van der Waals surface area contributed by atoms with E-state index in [1.54, 1.807) is 6.92 Å². The highest BCUT2D eigenvalue weighted by atomic mass is 19.1. The van der Waals surface area contributed by atoms with Crippen molar-refractivity contribution in [3.05, 3.63) is 34.9 Å². The van der Waals surface area contributed by atoms with E-state index in [1.807, 2.05) is 6.92 Å². The lowest BCUT2D eigenvalue weighted by Crippen LogP contribution is -2.19. The minimum Gasteiger partial charge on any atom is -0.355 e. The molecule has 1 amide bonds. The molecule has 0 aromatic heterocycles. The van der Waals surface area contributed by atoms with Gasteiger partial charge >= 0.3 is 0 Å². The molecule has 0 radical (unpaired) electrons. The first-order chi connectivity index (χ1) is 8.04.